The third-order valence-corrected chi connectivity index (χ3v) is 5.63. The minimum atomic E-state index is -3.85. The summed E-state index contributed by atoms with van der Waals surface area (Å²) >= 11 is 3.33. The molecule has 0 amide bonds. The molecule has 2 aromatic carbocycles. The molecular weight excluding hydrogens is 398 g/mol. The van der Waals surface area contributed by atoms with E-state index in [1.165, 1.54) is 28.6 Å². The van der Waals surface area contributed by atoms with Crippen molar-refractivity contribution in [3.05, 3.63) is 63.1 Å². The van der Waals surface area contributed by atoms with Crippen molar-refractivity contribution in [3.63, 3.8) is 0 Å². The van der Waals surface area contributed by atoms with E-state index in [9.17, 15) is 18.5 Å². The predicted molar refractivity (Wildman–Crippen MR) is 95.4 cm³/mol. The molecule has 0 aliphatic rings. The average Bonchev–Trinajstić information content (AvgIpc) is 2.55. The lowest BCUT2D eigenvalue weighted by Crippen LogP contribution is -2.33. The van der Waals surface area contributed by atoms with Gasteiger partial charge in [0.15, 0.2) is 0 Å². The van der Waals surface area contributed by atoms with E-state index in [1.807, 2.05) is 0 Å². The summed E-state index contributed by atoms with van der Waals surface area (Å²) in [4.78, 5) is 10.1. The van der Waals surface area contributed by atoms with Crippen molar-refractivity contribution < 1.29 is 13.3 Å². The summed E-state index contributed by atoms with van der Waals surface area (Å²) < 4.78 is 27.9. The van der Waals surface area contributed by atoms with E-state index in [0.29, 0.717) is 18.7 Å². The number of anilines is 1. The smallest absolute Gasteiger partial charge is 0.269 e. The Hall–Kier alpha value is -1.97. The molecule has 0 aliphatic carbocycles. The number of nitro groups is 1. The van der Waals surface area contributed by atoms with E-state index in [4.69, 9.17) is 5.73 Å². The van der Waals surface area contributed by atoms with Gasteiger partial charge in [-0.2, -0.15) is 0 Å². The Morgan fingerprint density at radius 3 is 2.38 bits per heavy atom. The van der Waals surface area contributed by atoms with E-state index in [0.717, 1.165) is 4.47 Å². The first-order chi connectivity index (χ1) is 11.4. The van der Waals surface area contributed by atoms with Crippen LogP contribution in [0.1, 0.15) is 6.42 Å². The van der Waals surface area contributed by atoms with Crippen LogP contribution in [0.3, 0.4) is 0 Å². The topological polar surface area (TPSA) is 107 Å². The van der Waals surface area contributed by atoms with E-state index < -0.39 is 14.9 Å². The van der Waals surface area contributed by atoms with Gasteiger partial charge in [-0.3, -0.25) is 14.4 Å². The first kappa shape index (κ1) is 18.4. The van der Waals surface area contributed by atoms with Crippen LogP contribution in [0.5, 0.6) is 0 Å². The van der Waals surface area contributed by atoms with Gasteiger partial charge in [-0.25, -0.2) is 8.42 Å². The van der Waals surface area contributed by atoms with Crippen molar-refractivity contribution >= 4 is 37.3 Å². The van der Waals surface area contributed by atoms with Gasteiger partial charge in [-0.15, -0.1) is 0 Å². The van der Waals surface area contributed by atoms with E-state index in [-0.39, 0.29) is 17.1 Å². The van der Waals surface area contributed by atoms with Gasteiger partial charge in [-0.05, 0) is 43.3 Å². The number of halogens is 1. The van der Waals surface area contributed by atoms with Crippen LogP contribution >= 0.6 is 15.9 Å². The molecule has 0 aromatic heterocycles. The Kier molecular flexibility index (Phi) is 5.92. The lowest BCUT2D eigenvalue weighted by molar-refractivity contribution is -0.384. The highest BCUT2D eigenvalue weighted by molar-refractivity contribution is 9.10. The third kappa shape index (κ3) is 4.11. The quantitative estimate of drug-likeness (QED) is 0.554. The Balaban J connectivity index is 2.45. The summed E-state index contributed by atoms with van der Waals surface area (Å²) in [6, 6.07) is 11.7. The molecule has 128 valence electrons. The molecule has 2 aromatic rings. The fourth-order valence-corrected chi connectivity index (χ4v) is 4.00. The molecule has 0 saturated heterocycles. The van der Waals surface area contributed by atoms with Gasteiger partial charge in [0, 0.05) is 23.2 Å². The Morgan fingerprint density at radius 2 is 1.83 bits per heavy atom. The fourth-order valence-electron chi connectivity index (χ4n) is 2.12. The van der Waals surface area contributed by atoms with Crippen molar-refractivity contribution in [2.45, 2.75) is 11.3 Å². The molecule has 2 rings (SSSR count). The van der Waals surface area contributed by atoms with Gasteiger partial charge in [0.2, 0.25) is 0 Å². The van der Waals surface area contributed by atoms with Crippen LogP contribution in [0.25, 0.3) is 0 Å². The third-order valence-electron chi connectivity index (χ3n) is 3.30. The molecule has 7 nitrogen and oxygen atoms in total. The SMILES string of the molecule is NCCCN(c1cccc(Br)c1)S(=O)(=O)c1ccc([N+](=O)[O-])cc1. The maximum Gasteiger partial charge on any atom is 0.269 e. The van der Waals surface area contributed by atoms with Crippen molar-refractivity contribution in [1.82, 2.24) is 0 Å². The number of rotatable bonds is 7. The number of nitrogens with zero attached hydrogens (tertiary/aromatic N) is 2. The maximum atomic E-state index is 12.9. The van der Waals surface area contributed by atoms with E-state index in [2.05, 4.69) is 15.9 Å². The number of nitro benzene ring substituents is 1. The van der Waals surface area contributed by atoms with Crippen molar-refractivity contribution in [2.75, 3.05) is 17.4 Å². The zero-order valence-electron chi connectivity index (χ0n) is 12.6. The minimum absolute atomic E-state index is 0.00917. The standard InChI is InChI=1S/C15H16BrN3O4S/c16-12-3-1-4-14(11-12)18(10-2-9-17)24(22,23)15-7-5-13(6-8-15)19(20)21/h1,3-8,11H,2,9-10,17H2. The van der Waals surface area contributed by atoms with Crippen molar-refractivity contribution in [3.8, 4) is 0 Å². The highest BCUT2D eigenvalue weighted by Crippen LogP contribution is 2.27. The predicted octanol–water partition coefficient (Wildman–Crippen LogP) is 2.90. The molecule has 0 aliphatic heterocycles. The molecule has 0 spiro atoms. The first-order valence-corrected chi connectivity index (χ1v) is 9.32. The van der Waals surface area contributed by atoms with Gasteiger partial charge >= 0.3 is 0 Å². The van der Waals surface area contributed by atoms with Crippen molar-refractivity contribution in [2.24, 2.45) is 5.73 Å². The highest BCUT2D eigenvalue weighted by atomic mass is 79.9. The molecular formula is C15H16BrN3O4S. The lowest BCUT2D eigenvalue weighted by atomic mass is 10.3. The normalized spacial score (nSPS) is 11.2. The molecule has 0 unspecified atom stereocenters. The molecule has 0 heterocycles. The van der Waals surface area contributed by atoms with Gasteiger partial charge in [0.05, 0.1) is 15.5 Å². The molecule has 0 fully saturated rings. The largest absolute Gasteiger partial charge is 0.330 e. The summed E-state index contributed by atoms with van der Waals surface area (Å²) in [6.45, 7) is 0.562. The zero-order chi connectivity index (χ0) is 17.7. The second-order valence-electron chi connectivity index (χ2n) is 4.95. The Bertz CT molecular complexity index is 825. The molecule has 0 saturated carbocycles. The molecule has 24 heavy (non-hydrogen) atoms. The van der Waals surface area contributed by atoms with Crippen molar-refractivity contribution in [1.29, 1.82) is 0 Å². The van der Waals surface area contributed by atoms with Gasteiger partial charge in [0.25, 0.3) is 15.7 Å². The number of hydrogen-bond acceptors (Lipinski definition) is 5. The van der Waals surface area contributed by atoms with E-state index >= 15 is 0 Å². The van der Waals surface area contributed by atoms with E-state index in [1.54, 1.807) is 24.3 Å². The van der Waals surface area contributed by atoms with Gasteiger partial charge < -0.3 is 5.73 Å². The van der Waals surface area contributed by atoms with Crippen LogP contribution in [0.4, 0.5) is 11.4 Å². The highest BCUT2D eigenvalue weighted by Gasteiger charge is 2.25. The summed E-state index contributed by atoms with van der Waals surface area (Å²) in [5, 5.41) is 10.7. The van der Waals surface area contributed by atoms with Crippen LogP contribution in [0.2, 0.25) is 0 Å². The maximum absolute atomic E-state index is 12.9. The number of hydrogen-bond donors (Lipinski definition) is 1. The summed E-state index contributed by atoms with van der Waals surface area (Å²) in [5.41, 5.74) is 5.85. The zero-order valence-corrected chi connectivity index (χ0v) is 15.0. The lowest BCUT2D eigenvalue weighted by Gasteiger charge is -2.24. The summed E-state index contributed by atoms with van der Waals surface area (Å²) in [7, 11) is -3.85. The van der Waals surface area contributed by atoms with Crippen LogP contribution in [-0.4, -0.2) is 26.4 Å². The second kappa shape index (κ2) is 7.73. The van der Waals surface area contributed by atoms with Crippen LogP contribution in [0.15, 0.2) is 57.9 Å². The van der Waals surface area contributed by atoms with Crippen LogP contribution in [0, 0.1) is 10.1 Å². The second-order valence-corrected chi connectivity index (χ2v) is 7.73. The average molecular weight is 414 g/mol. The monoisotopic (exact) mass is 413 g/mol. The minimum Gasteiger partial charge on any atom is -0.330 e. The molecule has 0 bridgehead atoms. The summed E-state index contributed by atoms with van der Waals surface area (Å²) in [5.74, 6) is 0. The Morgan fingerprint density at radius 1 is 1.17 bits per heavy atom. The number of benzene rings is 2. The molecule has 2 N–H and O–H groups in total. The van der Waals surface area contributed by atoms with Crippen LogP contribution < -0.4 is 10.0 Å². The van der Waals surface area contributed by atoms with Crippen LogP contribution in [-0.2, 0) is 10.0 Å². The summed E-state index contributed by atoms with van der Waals surface area (Å²) in [6.07, 6.45) is 0.485. The number of non-ortho nitro benzene ring substituents is 1. The molecule has 0 atom stereocenters. The molecule has 9 heteroatoms. The van der Waals surface area contributed by atoms with Gasteiger partial charge in [0.1, 0.15) is 0 Å². The van der Waals surface area contributed by atoms with Gasteiger partial charge in [-0.1, -0.05) is 22.0 Å². The Labute approximate surface area is 148 Å². The molecule has 0 radical (unpaired) electrons. The fraction of sp³-hybridized carbons (Fsp3) is 0.200. The number of sulfonamides is 1. The first-order valence-electron chi connectivity index (χ1n) is 7.09. The number of nitrogens with two attached hydrogens (primary N) is 1.